The molecule has 2 heterocycles. The van der Waals surface area contributed by atoms with Crippen LogP contribution in [-0.2, 0) is 0 Å². The van der Waals surface area contributed by atoms with Crippen LogP contribution >= 0.6 is 39.7 Å². The minimum absolute atomic E-state index is 0.0817. The number of nitrogens with zero attached hydrogens (tertiary/aromatic N) is 2. The van der Waals surface area contributed by atoms with Crippen molar-refractivity contribution in [1.29, 1.82) is 0 Å². The van der Waals surface area contributed by atoms with Gasteiger partial charge in [0.25, 0.3) is 5.56 Å². The summed E-state index contributed by atoms with van der Waals surface area (Å²) in [5.74, 6) is -0.261. The Morgan fingerprint density at radius 1 is 1.32 bits per heavy atom. The fourth-order valence-corrected chi connectivity index (χ4v) is 3.87. The maximum absolute atomic E-state index is 12.5. The highest BCUT2D eigenvalue weighted by molar-refractivity contribution is 9.10. The van der Waals surface area contributed by atoms with E-state index in [9.17, 15) is 9.90 Å². The first-order valence-corrected chi connectivity index (χ1v) is 9.84. The van der Waals surface area contributed by atoms with E-state index in [1.54, 1.807) is 30.5 Å². The molecule has 4 rings (SSSR count). The Labute approximate surface area is 178 Å². The lowest BCUT2D eigenvalue weighted by molar-refractivity contribution is 0.431. The molecule has 1 aliphatic heterocycles. The summed E-state index contributed by atoms with van der Waals surface area (Å²) in [5.41, 5.74) is 3.30. The summed E-state index contributed by atoms with van der Waals surface area (Å²) in [6, 6.07) is 11.0. The fourth-order valence-electron chi connectivity index (χ4n) is 3.06. The van der Waals surface area contributed by atoms with E-state index >= 15 is 0 Å². The van der Waals surface area contributed by atoms with Crippen molar-refractivity contribution in [2.45, 2.75) is 6.92 Å². The summed E-state index contributed by atoms with van der Waals surface area (Å²) < 4.78 is 2.38. The molecule has 0 fully saturated rings. The number of rotatable bonds is 2. The van der Waals surface area contributed by atoms with Gasteiger partial charge in [-0.15, -0.1) is 0 Å². The quantitative estimate of drug-likeness (QED) is 0.476. The minimum atomic E-state index is -0.484. The number of nitrogens with one attached hydrogen (secondary N) is 1. The number of aromatic amines is 1. The molecule has 28 heavy (non-hydrogen) atoms. The van der Waals surface area contributed by atoms with Crippen LogP contribution < -0.4 is 5.56 Å². The van der Waals surface area contributed by atoms with Crippen LogP contribution in [0.15, 0.2) is 50.7 Å². The van der Waals surface area contributed by atoms with Gasteiger partial charge in [0.05, 0.1) is 11.4 Å². The summed E-state index contributed by atoms with van der Waals surface area (Å²) in [6.07, 6.45) is 3.26. The number of benzene rings is 2. The van der Waals surface area contributed by atoms with Gasteiger partial charge >= 0.3 is 0 Å². The van der Waals surface area contributed by atoms with E-state index in [1.165, 1.54) is 4.57 Å². The lowest BCUT2D eigenvalue weighted by Crippen LogP contribution is -2.16. The Bertz CT molecular complexity index is 1310. The molecular weight excluding hydrogens is 462 g/mol. The van der Waals surface area contributed by atoms with Crippen molar-refractivity contribution in [2.75, 3.05) is 0 Å². The molecule has 3 aromatic rings. The first-order valence-electron chi connectivity index (χ1n) is 8.26. The second-order valence-electron chi connectivity index (χ2n) is 6.24. The lowest BCUT2D eigenvalue weighted by atomic mass is 10.1. The molecule has 0 radical (unpaired) electrons. The highest BCUT2D eigenvalue weighted by atomic mass is 79.9. The summed E-state index contributed by atoms with van der Waals surface area (Å²) in [5, 5.41) is 11.5. The average molecular weight is 475 g/mol. The van der Waals surface area contributed by atoms with Crippen LogP contribution in [-0.4, -0.2) is 20.9 Å². The van der Waals surface area contributed by atoms with Crippen molar-refractivity contribution in [3.63, 3.8) is 0 Å². The monoisotopic (exact) mass is 473 g/mol. The third-order valence-electron chi connectivity index (χ3n) is 4.51. The molecule has 0 atom stereocenters. The fraction of sp³-hybridized carbons (Fsp3) is 0.0500. The second kappa shape index (κ2) is 7.16. The SMILES string of the molecule is Cc1c(Cl)cccc1-n1c(O)c(/C=C2/C=Nc3ccc(Br)cc32)c(=O)[nH]c1=S. The molecule has 2 aromatic carbocycles. The van der Waals surface area contributed by atoms with E-state index in [4.69, 9.17) is 23.8 Å². The standard InChI is InChI=1S/C20H13BrClN3O2S/c1-10-15(22)3-2-4-17(10)25-19(27)14(18(26)24-20(25)28)7-11-9-23-16-6-5-12(21)8-13(11)16/h2-9,27H,1H3,(H,24,26,28)/b11-7-. The van der Waals surface area contributed by atoms with Gasteiger partial charge < -0.3 is 5.11 Å². The normalized spacial score (nSPS) is 13.9. The van der Waals surface area contributed by atoms with Gasteiger partial charge in [-0.05, 0) is 61.1 Å². The van der Waals surface area contributed by atoms with Crippen LogP contribution in [0.4, 0.5) is 5.69 Å². The number of aromatic nitrogens is 2. The smallest absolute Gasteiger partial charge is 0.262 e. The van der Waals surface area contributed by atoms with Crippen molar-refractivity contribution in [2.24, 2.45) is 4.99 Å². The molecule has 1 aliphatic rings. The van der Waals surface area contributed by atoms with Gasteiger partial charge in [0.15, 0.2) is 4.77 Å². The zero-order chi connectivity index (χ0) is 20.0. The number of aromatic hydroxyl groups is 1. The van der Waals surface area contributed by atoms with Gasteiger partial charge in [-0.25, -0.2) is 0 Å². The molecule has 0 aliphatic carbocycles. The molecular formula is C20H13BrClN3O2S. The van der Waals surface area contributed by atoms with E-state index in [0.717, 1.165) is 21.3 Å². The van der Waals surface area contributed by atoms with Crippen LogP contribution in [0.2, 0.25) is 5.02 Å². The molecule has 0 spiro atoms. The molecule has 0 unspecified atom stereocenters. The molecule has 5 nitrogen and oxygen atoms in total. The van der Waals surface area contributed by atoms with Crippen molar-refractivity contribution in [3.8, 4) is 11.6 Å². The predicted molar refractivity (Wildman–Crippen MR) is 119 cm³/mol. The van der Waals surface area contributed by atoms with Crippen LogP contribution in [0, 0.1) is 11.7 Å². The Morgan fingerprint density at radius 3 is 2.89 bits per heavy atom. The molecule has 2 N–H and O–H groups in total. The molecule has 8 heteroatoms. The molecule has 140 valence electrons. The van der Waals surface area contributed by atoms with Crippen LogP contribution in [0.1, 0.15) is 16.7 Å². The number of hydrogen-bond donors (Lipinski definition) is 2. The first-order chi connectivity index (χ1) is 13.4. The zero-order valence-corrected chi connectivity index (χ0v) is 17.7. The molecule has 0 bridgehead atoms. The van der Waals surface area contributed by atoms with Crippen LogP contribution in [0.3, 0.4) is 0 Å². The number of hydrogen-bond acceptors (Lipinski definition) is 4. The Kier molecular flexibility index (Phi) is 4.82. The van der Waals surface area contributed by atoms with E-state index in [0.29, 0.717) is 16.3 Å². The topological polar surface area (TPSA) is 70.4 Å². The largest absolute Gasteiger partial charge is 0.494 e. The predicted octanol–water partition coefficient (Wildman–Crippen LogP) is 5.58. The lowest BCUT2D eigenvalue weighted by Gasteiger charge is -2.14. The molecule has 1 aromatic heterocycles. The summed E-state index contributed by atoms with van der Waals surface area (Å²) >= 11 is 14.9. The van der Waals surface area contributed by atoms with E-state index < -0.39 is 5.56 Å². The first kappa shape index (κ1) is 18.9. The number of aliphatic imine (C=N–C) groups is 1. The van der Waals surface area contributed by atoms with E-state index in [2.05, 4.69) is 25.9 Å². The van der Waals surface area contributed by atoms with Crippen molar-refractivity contribution < 1.29 is 5.11 Å². The number of allylic oxidation sites excluding steroid dienone is 1. The number of halogens is 2. The zero-order valence-electron chi connectivity index (χ0n) is 14.5. The maximum atomic E-state index is 12.5. The third-order valence-corrected chi connectivity index (χ3v) is 5.70. The summed E-state index contributed by atoms with van der Waals surface area (Å²) in [6.45, 7) is 1.82. The Balaban J connectivity index is 1.95. The van der Waals surface area contributed by atoms with Gasteiger partial charge in [-0.2, -0.15) is 0 Å². The maximum Gasteiger partial charge on any atom is 0.262 e. The van der Waals surface area contributed by atoms with Crippen molar-refractivity contribution in [3.05, 3.63) is 77.7 Å². The van der Waals surface area contributed by atoms with Gasteiger partial charge in [0.2, 0.25) is 5.88 Å². The Hall–Kier alpha value is -2.48. The van der Waals surface area contributed by atoms with Crippen LogP contribution in [0.5, 0.6) is 5.88 Å². The molecule has 0 saturated heterocycles. The van der Waals surface area contributed by atoms with E-state index in [1.807, 2.05) is 25.1 Å². The van der Waals surface area contributed by atoms with Gasteiger partial charge in [-0.3, -0.25) is 19.3 Å². The van der Waals surface area contributed by atoms with Gasteiger partial charge in [-0.1, -0.05) is 33.6 Å². The van der Waals surface area contributed by atoms with E-state index in [-0.39, 0.29) is 16.2 Å². The number of fused-ring (bicyclic) bond motifs is 1. The number of H-pyrrole nitrogens is 1. The Morgan fingerprint density at radius 2 is 2.11 bits per heavy atom. The van der Waals surface area contributed by atoms with Crippen molar-refractivity contribution >= 4 is 63.3 Å². The summed E-state index contributed by atoms with van der Waals surface area (Å²) in [4.78, 5) is 19.5. The van der Waals surface area contributed by atoms with Gasteiger partial charge in [0.1, 0.15) is 5.56 Å². The minimum Gasteiger partial charge on any atom is -0.494 e. The highest BCUT2D eigenvalue weighted by Gasteiger charge is 2.18. The van der Waals surface area contributed by atoms with Crippen molar-refractivity contribution in [1.82, 2.24) is 9.55 Å². The molecule has 0 saturated carbocycles. The van der Waals surface area contributed by atoms with Crippen LogP contribution in [0.25, 0.3) is 17.3 Å². The average Bonchev–Trinajstić information content (AvgIpc) is 3.04. The van der Waals surface area contributed by atoms with Gasteiger partial charge in [0, 0.05) is 26.8 Å². The second-order valence-corrected chi connectivity index (χ2v) is 7.94. The molecule has 0 amide bonds. The summed E-state index contributed by atoms with van der Waals surface area (Å²) in [7, 11) is 0. The third kappa shape index (κ3) is 3.15. The highest BCUT2D eigenvalue weighted by Crippen LogP contribution is 2.35.